The molecule has 4 nitrogen and oxygen atoms in total. The zero-order chi connectivity index (χ0) is 13.4. The summed E-state index contributed by atoms with van der Waals surface area (Å²) in [5.41, 5.74) is 1.09. The van der Waals surface area contributed by atoms with Gasteiger partial charge in [-0.1, -0.05) is 20.8 Å². The lowest BCUT2D eigenvalue weighted by atomic mass is 10.3. The molecule has 0 fully saturated rings. The molecule has 0 aromatic carbocycles. The molecule has 1 N–H and O–H groups in total. The van der Waals surface area contributed by atoms with Crippen molar-refractivity contribution >= 4 is 5.95 Å². The summed E-state index contributed by atoms with van der Waals surface area (Å²) in [6, 6.07) is 0. The van der Waals surface area contributed by atoms with E-state index in [0.29, 0.717) is 0 Å². The molecule has 0 aliphatic heterocycles. The molecule has 104 valence electrons. The van der Waals surface area contributed by atoms with Crippen LogP contribution in [0.1, 0.15) is 39.3 Å². The average molecular weight is 252 g/mol. The first kappa shape index (κ1) is 15.0. The van der Waals surface area contributed by atoms with Crippen molar-refractivity contribution in [1.82, 2.24) is 14.5 Å². The van der Waals surface area contributed by atoms with Crippen LogP contribution in [0.25, 0.3) is 0 Å². The Morgan fingerprint density at radius 3 is 2.61 bits per heavy atom. The van der Waals surface area contributed by atoms with E-state index in [-0.39, 0.29) is 0 Å². The third-order valence-corrected chi connectivity index (χ3v) is 3.20. The van der Waals surface area contributed by atoms with E-state index >= 15 is 0 Å². The second-order valence-corrected chi connectivity index (χ2v) is 4.71. The SMILES string of the molecule is CCCNc1nc(C)cn1CCCN(CC)CC. The predicted molar refractivity (Wildman–Crippen MR) is 78.1 cm³/mol. The van der Waals surface area contributed by atoms with E-state index < -0.39 is 0 Å². The summed E-state index contributed by atoms with van der Waals surface area (Å²) in [6.07, 6.45) is 4.45. The fourth-order valence-corrected chi connectivity index (χ4v) is 2.10. The number of rotatable bonds is 9. The van der Waals surface area contributed by atoms with E-state index in [4.69, 9.17) is 0 Å². The maximum absolute atomic E-state index is 4.52. The molecular formula is C14H28N4. The van der Waals surface area contributed by atoms with Gasteiger partial charge < -0.3 is 14.8 Å². The zero-order valence-corrected chi connectivity index (χ0v) is 12.4. The third-order valence-electron chi connectivity index (χ3n) is 3.20. The zero-order valence-electron chi connectivity index (χ0n) is 12.4. The smallest absolute Gasteiger partial charge is 0.203 e. The molecule has 18 heavy (non-hydrogen) atoms. The lowest BCUT2D eigenvalue weighted by molar-refractivity contribution is 0.293. The Morgan fingerprint density at radius 2 is 2.00 bits per heavy atom. The number of hydrogen-bond donors (Lipinski definition) is 1. The summed E-state index contributed by atoms with van der Waals surface area (Å²) in [5, 5.41) is 3.39. The minimum Gasteiger partial charge on any atom is -0.356 e. The van der Waals surface area contributed by atoms with Crippen LogP contribution in [0, 0.1) is 6.92 Å². The maximum atomic E-state index is 4.52. The van der Waals surface area contributed by atoms with Gasteiger partial charge in [-0.15, -0.1) is 0 Å². The molecule has 0 saturated heterocycles. The van der Waals surface area contributed by atoms with Gasteiger partial charge in [0.15, 0.2) is 0 Å². The number of aromatic nitrogens is 2. The van der Waals surface area contributed by atoms with E-state index in [1.807, 2.05) is 0 Å². The fraction of sp³-hybridized carbons (Fsp3) is 0.786. The normalized spacial score (nSPS) is 11.2. The maximum Gasteiger partial charge on any atom is 0.203 e. The molecule has 0 bridgehead atoms. The second-order valence-electron chi connectivity index (χ2n) is 4.71. The molecule has 1 aromatic heterocycles. The van der Waals surface area contributed by atoms with Crippen LogP contribution in [-0.2, 0) is 6.54 Å². The molecule has 0 atom stereocenters. The molecule has 0 saturated carbocycles. The van der Waals surface area contributed by atoms with Crippen LogP contribution in [-0.4, -0.2) is 40.6 Å². The topological polar surface area (TPSA) is 33.1 Å². The van der Waals surface area contributed by atoms with E-state index in [0.717, 1.165) is 50.8 Å². The van der Waals surface area contributed by atoms with Crippen molar-refractivity contribution in [3.05, 3.63) is 11.9 Å². The largest absolute Gasteiger partial charge is 0.356 e. The molecule has 0 amide bonds. The highest BCUT2D eigenvalue weighted by Gasteiger charge is 2.05. The summed E-state index contributed by atoms with van der Waals surface area (Å²) in [7, 11) is 0. The Labute approximate surface area is 111 Å². The Balaban J connectivity index is 2.45. The van der Waals surface area contributed by atoms with E-state index in [2.05, 4.69) is 53.7 Å². The van der Waals surface area contributed by atoms with Gasteiger partial charge in [-0.05, 0) is 39.4 Å². The first-order valence-electron chi connectivity index (χ1n) is 7.21. The van der Waals surface area contributed by atoms with Crippen LogP contribution in [0.15, 0.2) is 6.20 Å². The number of hydrogen-bond acceptors (Lipinski definition) is 3. The summed E-state index contributed by atoms with van der Waals surface area (Å²) >= 11 is 0. The van der Waals surface area contributed by atoms with Crippen LogP contribution in [0.3, 0.4) is 0 Å². The number of nitrogens with zero attached hydrogens (tertiary/aromatic N) is 3. The van der Waals surface area contributed by atoms with Gasteiger partial charge in [0.25, 0.3) is 0 Å². The Kier molecular flexibility index (Phi) is 6.80. The number of anilines is 1. The monoisotopic (exact) mass is 252 g/mol. The third kappa shape index (κ3) is 4.69. The van der Waals surface area contributed by atoms with Gasteiger partial charge in [0, 0.05) is 19.3 Å². The van der Waals surface area contributed by atoms with E-state index in [1.165, 1.54) is 6.42 Å². The van der Waals surface area contributed by atoms with Gasteiger partial charge in [-0.2, -0.15) is 0 Å². The van der Waals surface area contributed by atoms with Gasteiger partial charge in [-0.3, -0.25) is 0 Å². The Bertz CT molecular complexity index is 329. The average Bonchev–Trinajstić information content (AvgIpc) is 2.72. The van der Waals surface area contributed by atoms with Crippen molar-refractivity contribution in [1.29, 1.82) is 0 Å². The molecule has 1 rings (SSSR count). The lowest BCUT2D eigenvalue weighted by Gasteiger charge is -2.18. The predicted octanol–water partition coefficient (Wildman–Crippen LogP) is 2.75. The summed E-state index contributed by atoms with van der Waals surface area (Å²) in [5.74, 6) is 1.02. The van der Waals surface area contributed by atoms with Gasteiger partial charge in [0.1, 0.15) is 0 Å². The summed E-state index contributed by atoms with van der Waals surface area (Å²) in [4.78, 5) is 6.99. The summed E-state index contributed by atoms with van der Waals surface area (Å²) < 4.78 is 2.24. The molecule has 0 unspecified atom stereocenters. The van der Waals surface area contributed by atoms with Gasteiger partial charge in [0.2, 0.25) is 5.95 Å². The van der Waals surface area contributed by atoms with Crippen molar-refractivity contribution < 1.29 is 0 Å². The van der Waals surface area contributed by atoms with E-state index in [1.54, 1.807) is 0 Å². The first-order valence-corrected chi connectivity index (χ1v) is 7.21. The minimum absolute atomic E-state index is 0.993. The number of aryl methyl sites for hydroxylation is 2. The second kappa shape index (κ2) is 8.14. The summed E-state index contributed by atoms with van der Waals surface area (Å²) in [6.45, 7) is 14.2. The Morgan fingerprint density at radius 1 is 1.28 bits per heavy atom. The van der Waals surface area contributed by atoms with E-state index in [9.17, 15) is 0 Å². The van der Waals surface area contributed by atoms with Crippen molar-refractivity contribution in [3.8, 4) is 0 Å². The molecule has 0 aliphatic rings. The van der Waals surface area contributed by atoms with Crippen molar-refractivity contribution in [3.63, 3.8) is 0 Å². The minimum atomic E-state index is 0.993. The number of nitrogens with one attached hydrogen (secondary N) is 1. The van der Waals surface area contributed by atoms with Crippen LogP contribution in [0.5, 0.6) is 0 Å². The number of imidazole rings is 1. The van der Waals surface area contributed by atoms with Gasteiger partial charge in [0.05, 0.1) is 5.69 Å². The molecular weight excluding hydrogens is 224 g/mol. The van der Waals surface area contributed by atoms with Crippen LogP contribution in [0.4, 0.5) is 5.95 Å². The van der Waals surface area contributed by atoms with Crippen LogP contribution in [0.2, 0.25) is 0 Å². The molecule has 0 spiro atoms. The molecule has 1 aromatic rings. The Hall–Kier alpha value is -1.03. The fourth-order valence-electron chi connectivity index (χ4n) is 2.10. The van der Waals surface area contributed by atoms with Crippen LogP contribution >= 0.6 is 0 Å². The van der Waals surface area contributed by atoms with Crippen molar-refractivity contribution in [2.45, 2.75) is 47.1 Å². The van der Waals surface area contributed by atoms with Gasteiger partial charge in [-0.25, -0.2) is 4.98 Å². The molecule has 0 radical (unpaired) electrons. The lowest BCUT2D eigenvalue weighted by Crippen LogP contribution is -2.25. The molecule has 4 heteroatoms. The highest BCUT2D eigenvalue weighted by atomic mass is 15.2. The first-order chi connectivity index (χ1) is 8.71. The van der Waals surface area contributed by atoms with Crippen molar-refractivity contribution in [2.24, 2.45) is 0 Å². The van der Waals surface area contributed by atoms with Crippen LogP contribution < -0.4 is 5.32 Å². The highest BCUT2D eigenvalue weighted by Crippen LogP contribution is 2.09. The standard InChI is InChI=1S/C14H28N4/c1-5-9-15-14-16-13(4)12-18(14)11-8-10-17(6-2)7-3/h12H,5-11H2,1-4H3,(H,15,16). The van der Waals surface area contributed by atoms with Gasteiger partial charge >= 0.3 is 0 Å². The van der Waals surface area contributed by atoms with Crippen molar-refractivity contribution in [2.75, 3.05) is 31.5 Å². The quantitative estimate of drug-likeness (QED) is 0.733. The molecule has 1 heterocycles. The molecule has 0 aliphatic carbocycles. The highest BCUT2D eigenvalue weighted by molar-refractivity contribution is 5.28.